The Hall–Kier alpha value is -2.66. The molecule has 0 spiro atoms. The first-order valence-electron chi connectivity index (χ1n) is 8.25. The van der Waals surface area contributed by atoms with Crippen LogP contribution in [0.25, 0.3) is 0 Å². The van der Waals surface area contributed by atoms with Crippen LogP contribution < -0.4 is 10.2 Å². The Morgan fingerprint density at radius 1 is 1.12 bits per heavy atom. The second-order valence-corrected chi connectivity index (χ2v) is 6.79. The molecule has 0 bridgehead atoms. The molecular weight excluding hydrogens is 330 g/mol. The van der Waals surface area contributed by atoms with Gasteiger partial charge in [-0.1, -0.05) is 48.6 Å². The minimum atomic E-state index is -0.119. The quantitative estimate of drug-likeness (QED) is 0.701. The van der Waals surface area contributed by atoms with Gasteiger partial charge in [0, 0.05) is 18.4 Å². The van der Waals surface area contributed by atoms with Crippen molar-refractivity contribution in [1.82, 2.24) is 4.98 Å². The van der Waals surface area contributed by atoms with E-state index in [0.717, 1.165) is 28.6 Å². The summed E-state index contributed by atoms with van der Waals surface area (Å²) in [7, 11) is 1.96. The summed E-state index contributed by atoms with van der Waals surface area (Å²) in [6.45, 7) is 3.98. The predicted molar refractivity (Wildman–Crippen MR) is 105 cm³/mol. The second kappa shape index (κ2) is 7.49. The molecule has 0 fully saturated rings. The Bertz CT molecular complexity index is 856. The zero-order valence-electron chi connectivity index (χ0n) is 14.6. The number of carbonyl (C=O) groups is 1. The van der Waals surface area contributed by atoms with E-state index in [2.05, 4.69) is 17.2 Å². The summed E-state index contributed by atoms with van der Waals surface area (Å²) in [5.41, 5.74) is 3.83. The third-order valence-corrected chi connectivity index (χ3v) is 5.27. The molecule has 0 aliphatic rings. The summed E-state index contributed by atoms with van der Waals surface area (Å²) in [5, 5.41) is 3.76. The van der Waals surface area contributed by atoms with E-state index in [1.807, 2.05) is 73.5 Å². The van der Waals surface area contributed by atoms with E-state index >= 15 is 0 Å². The van der Waals surface area contributed by atoms with Gasteiger partial charge in [-0.25, -0.2) is 4.98 Å². The first kappa shape index (κ1) is 17.2. The predicted octanol–water partition coefficient (Wildman–Crippen LogP) is 5.03. The van der Waals surface area contributed by atoms with Gasteiger partial charge in [-0.2, -0.15) is 0 Å². The number of hydrogen-bond donors (Lipinski definition) is 1. The number of rotatable bonds is 5. The number of amides is 1. The van der Waals surface area contributed by atoms with Crippen molar-refractivity contribution in [1.29, 1.82) is 0 Å². The number of hydrogen-bond acceptors (Lipinski definition) is 4. The average molecular weight is 351 g/mol. The highest BCUT2D eigenvalue weighted by molar-refractivity contribution is 7.17. The number of nitrogens with zero attached hydrogens (tertiary/aromatic N) is 2. The molecule has 1 heterocycles. The maximum Gasteiger partial charge on any atom is 0.267 e. The van der Waals surface area contributed by atoms with Gasteiger partial charge in [0.2, 0.25) is 0 Å². The van der Waals surface area contributed by atoms with Crippen LogP contribution in [-0.4, -0.2) is 17.9 Å². The van der Waals surface area contributed by atoms with Crippen LogP contribution >= 0.6 is 11.3 Å². The average Bonchev–Trinajstić information content (AvgIpc) is 3.04. The van der Waals surface area contributed by atoms with Crippen molar-refractivity contribution < 1.29 is 4.79 Å². The van der Waals surface area contributed by atoms with E-state index in [0.29, 0.717) is 4.88 Å². The molecule has 0 saturated heterocycles. The minimum Gasteiger partial charge on any atom is -0.321 e. The number of anilines is 3. The summed E-state index contributed by atoms with van der Waals surface area (Å²) >= 11 is 1.40. The summed E-state index contributed by atoms with van der Waals surface area (Å²) in [4.78, 5) is 19.8. The molecule has 2 aromatic carbocycles. The Labute approximate surface area is 152 Å². The number of para-hydroxylation sites is 1. The van der Waals surface area contributed by atoms with Gasteiger partial charge in [-0.15, -0.1) is 0 Å². The molecule has 1 N–H and O–H groups in total. The molecule has 0 aliphatic carbocycles. The van der Waals surface area contributed by atoms with Crippen LogP contribution in [0.2, 0.25) is 0 Å². The van der Waals surface area contributed by atoms with Crippen LogP contribution in [0.3, 0.4) is 0 Å². The lowest BCUT2D eigenvalue weighted by Gasteiger charge is -2.15. The lowest BCUT2D eigenvalue weighted by molar-refractivity contribution is 0.103. The van der Waals surface area contributed by atoms with Crippen LogP contribution in [-0.2, 0) is 6.42 Å². The third-order valence-electron chi connectivity index (χ3n) is 4.04. The summed E-state index contributed by atoms with van der Waals surface area (Å²) in [6, 6.07) is 17.9. The zero-order chi connectivity index (χ0) is 17.8. The highest BCUT2D eigenvalue weighted by Crippen LogP contribution is 2.30. The maximum absolute atomic E-state index is 12.6. The smallest absolute Gasteiger partial charge is 0.267 e. The lowest BCUT2D eigenvalue weighted by Crippen LogP contribution is -2.11. The molecule has 0 aliphatic heterocycles. The number of aryl methyl sites for hydroxylation is 2. The fourth-order valence-electron chi connectivity index (χ4n) is 2.51. The molecule has 0 radical (unpaired) electrons. The standard InChI is InChI=1S/C20H21N3OS/c1-4-15-10-12-16(13-11-15)22-19(24)18-14(2)21-20(25-18)23(3)17-8-6-5-7-9-17/h5-13H,4H2,1-3H3,(H,22,24). The van der Waals surface area contributed by atoms with Gasteiger partial charge in [0.05, 0.1) is 5.69 Å². The SMILES string of the molecule is CCc1ccc(NC(=O)c2sc(N(C)c3ccccc3)nc2C)cc1. The molecule has 0 saturated carbocycles. The number of aromatic nitrogens is 1. The van der Waals surface area contributed by atoms with Crippen molar-refractivity contribution in [3.63, 3.8) is 0 Å². The van der Waals surface area contributed by atoms with Crippen LogP contribution in [0, 0.1) is 6.92 Å². The van der Waals surface area contributed by atoms with Crippen molar-refractivity contribution in [2.24, 2.45) is 0 Å². The second-order valence-electron chi connectivity index (χ2n) is 5.81. The van der Waals surface area contributed by atoms with E-state index in [4.69, 9.17) is 0 Å². The normalized spacial score (nSPS) is 10.5. The van der Waals surface area contributed by atoms with Gasteiger partial charge < -0.3 is 10.2 Å². The molecule has 0 atom stereocenters. The minimum absolute atomic E-state index is 0.119. The van der Waals surface area contributed by atoms with E-state index in [9.17, 15) is 4.79 Å². The number of nitrogens with one attached hydrogen (secondary N) is 1. The van der Waals surface area contributed by atoms with E-state index in [1.54, 1.807) is 0 Å². The number of benzene rings is 2. The van der Waals surface area contributed by atoms with Crippen molar-refractivity contribution in [2.75, 3.05) is 17.3 Å². The number of carbonyl (C=O) groups excluding carboxylic acids is 1. The van der Waals surface area contributed by atoms with Crippen molar-refractivity contribution >= 4 is 33.8 Å². The van der Waals surface area contributed by atoms with Crippen LogP contribution in [0.1, 0.15) is 27.9 Å². The molecule has 3 rings (SSSR count). The first-order chi connectivity index (χ1) is 12.1. The topological polar surface area (TPSA) is 45.2 Å². The van der Waals surface area contributed by atoms with Gasteiger partial charge in [0.1, 0.15) is 4.88 Å². The molecule has 4 nitrogen and oxygen atoms in total. The Balaban J connectivity index is 1.78. The molecule has 0 unspecified atom stereocenters. The largest absolute Gasteiger partial charge is 0.321 e. The maximum atomic E-state index is 12.6. The third kappa shape index (κ3) is 3.88. The van der Waals surface area contributed by atoms with Crippen molar-refractivity contribution in [3.8, 4) is 0 Å². The van der Waals surface area contributed by atoms with E-state index in [1.165, 1.54) is 16.9 Å². The summed E-state index contributed by atoms with van der Waals surface area (Å²) < 4.78 is 0. The summed E-state index contributed by atoms with van der Waals surface area (Å²) in [5.74, 6) is -0.119. The van der Waals surface area contributed by atoms with E-state index < -0.39 is 0 Å². The van der Waals surface area contributed by atoms with Gasteiger partial charge in [0.25, 0.3) is 5.91 Å². The first-order valence-corrected chi connectivity index (χ1v) is 9.06. The molecule has 5 heteroatoms. The van der Waals surface area contributed by atoms with E-state index in [-0.39, 0.29) is 5.91 Å². The van der Waals surface area contributed by atoms with Gasteiger partial charge >= 0.3 is 0 Å². The van der Waals surface area contributed by atoms with Crippen molar-refractivity contribution in [2.45, 2.75) is 20.3 Å². The van der Waals surface area contributed by atoms with Crippen LogP contribution in [0.15, 0.2) is 54.6 Å². The van der Waals surface area contributed by atoms with Gasteiger partial charge in [0.15, 0.2) is 5.13 Å². The molecule has 1 aromatic heterocycles. The number of thiazole rings is 1. The fourth-order valence-corrected chi connectivity index (χ4v) is 3.45. The molecule has 3 aromatic rings. The summed E-state index contributed by atoms with van der Waals surface area (Å²) in [6.07, 6.45) is 0.983. The molecular formula is C20H21N3OS. The highest BCUT2D eigenvalue weighted by atomic mass is 32.1. The highest BCUT2D eigenvalue weighted by Gasteiger charge is 2.18. The van der Waals surface area contributed by atoms with Gasteiger partial charge in [-0.05, 0) is 43.2 Å². The Morgan fingerprint density at radius 3 is 2.44 bits per heavy atom. The molecule has 128 valence electrons. The van der Waals surface area contributed by atoms with Crippen LogP contribution in [0.5, 0.6) is 0 Å². The van der Waals surface area contributed by atoms with Gasteiger partial charge in [-0.3, -0.25) is 4.79 Å². The Morgan fingerprint density at radius 2 is 1.80 bits per heavy atom. The Kier molecular flexibility index (Phi) is 5.14. The monoisotopic (exact) mass is 351 g/mol. The fraction of sp³-hybridized carbons (Fsp3) is 0.200. The molecule has 25 heavy (non-hydrogen) atoms. The molecule has 1 amide bonds. The zero-order valence-corrected chi connectivity index (χ0v) is 15.4. The lowest BCUT2D eigenvalue weighted by atomic mass is 10.1. The van der Waals surface area contributed by atoms with Crippen LogP contribution in [0.4, 0.5) is 16.5 Å². The van der Waals surface area contributed by atoms with Crippen molar-refractivity contribution in [3.05, 3.63) is 70.7 Å².